The number of hydrogen-bond donors (Lipinski definition) is 0. The van der Waals surface area contributed by atoms with Gasteiger partial charge in [0.05, 0.1) is 28.1 Å². The third-order valence-corrected chi connectivity index (χ3v) is 14.0. The van der Waals surface area contributed by atoms with E-state index in [1.165, 1.54) is 87.6 Å². The topological polar surface area (TPSA) is 17.8 Å². The molecule has 0 saturated carbocycles. The second kappa shape index (κ2) is 14.0. The predicted molar refractivity (Wildman–Crippen MR) is 270 cm³/mol. The number of fused-ring (bicyclic) bond motifs is 12. The molecule has 12 aromatic rings. The predicted octanol–water partition coefficient (Wildman–Crippen LogP) is 16.6. The first-order valence-corrected chi connectivity index (χ1v) is 22.3. The first-order chi connectivity index (χ1) is 31.5. The van der Waals surface area contributed by atoms with Crippen molar-refractivity contribution < 1.29 is 0 Å². The van der Waals surface area contributed by atoms with E-state index in [-0.39, 0.29) is 5.41 Å². The van der Waals surface area contributed by atoms with E-state index in [4.69, 9.17) is 4.98 Å². The van der Waals surface area contributed by atoms with Gasteiger partial charge in [0, 0.05) is 27.3 Å². The van der Waals surface area contributed by atoms with E-state index in [1.807, 2.05) is 0 Å². The molecule has 2 heterocycles. The maximum absolute atomic E-state index is 5.28. The minimum Gasteiger partial charge on any atom is -0.309 e. The summed E-state index contributed by atoms with van der Waals surface area (Å²) in [4.78, 5) is 5.28. The quantitative estimate of drug-likeness (QED) is 0.158. The highest BCUT2D eigenvalue weighted by atomic mass is 15.0. The van der Waals surface area contributed by atoms with Crippen LogP contribution >= 0.6 is 0 Å². The van der Waals surface area contributed by atoms with Crippen LogP contribution in [0.4, 0.5) is 0 Å². The molecule has 0 amide bonds. The molecule has 0 atom stereocenters. The molecule has 2 nitrogen and oxygen atoms in total. The summed E-state index contributed by atoms with van der Waals surface area (Å²) in [5, 5.41) is 9.97. The summed E-state index contributed by atoms with van der Waals surface area (Å²) < 4.78 is 2.47. The Labute approximate surface area is 372 Å². The van der Waals surface area contributed by atoms with Crippen molar-refractivity contribution >= 4 is 54.1 Å². The number of benzene rings is 10. The molecule has 0 aliphatic heterocycles. The van der Waals surface area contributed by atoms with E-state index in [0.29, 0.717) is 0 Å². The minimum absolute atomic E-state index is 0.0314. The Morgan fingerprint density at radius 2 is 0.797 bits per heavy atom. The number of aromatic nitrogens is 2. The van der Waals surface area contributed by atoms with Gasteiger partial charge in [0.25, 0.3) is 0 Å². The summed E-state index contributed by atoms with van der Waals surface area (Å²) in [5.74, 6) is 0. The van der Waals surface area contributed by atoms with Crippen LogP contribution in [0.5, 0.6) is 0 Å². The lowest BCUT2D eigenvalue weighted by atomic mass is 9.82. The van der Waals surface area contributed by atoms with Crippen molar-refractivity contribution in [3.63, 3.8) is 0 Å². The van der Waals surface area contributed by atoms with Crippen LogP contribution in [0.1, 0.15) is 25.0 Å². The molecule has 64 heavy (non-hydrogen) atoms. The molecule has 0 spiro atoms. The summed E-state index contributed by atoms with van der Waals surface area (Å²) in [6.45, 7) is 4.70. The van der Waals surface area contributed by atoms with E-state index in [0.717, 1.165) is 39.2 Å². The Morgan fingerprint density at radius 1 is 0.312 bits per heavy atom. The first kappa shape index (κ1) is 36.6. The molecule has 0 unspecified atom stereocenters. The van der Waals surface area contributed by atoms with E-state index in [2.05, 4.69) is 237 Å². The lowest BCUT2D eigenvalue weighted by molar-refractivity contribution is 0.660. The Hall–Kier alpha value is -8.07. The van der Waals surface area contributed by atoms with Crippen LogP contribution in [0, 0.1) is 0 Å². The summed E-state index contributed by atoms with van der Waals surface area (Å²) in [7, 11) is 0. The highest BCUT2D eigenvalue weighted by molar-refractivity contribution is 6.29. The van der Waals surface area contributed by atoms with Crippen LogP contribution in [0.2, 0.25) is 0 Å². The van der Waals surface area contributed by atoms with Crippen molar-refractivity contribution in [1.29, 1.82) is 0 Å². The molecule has 1 aliphatic carbocycles. The summed E-state index contributed by atoms with van der Waals surface area (Å²) in [6.07, 6.45) is 0. The second-order valence-electron chi connectivity index (χ2n) is 17.9. The Morgan fingerprint density at radius 3 is 1.52 bits per heavy atom. The van der Waals surface area contributed by atoms with Gasteiger partial charge < -0.3 is 4.57 Å². The standard InChI is InChI=1S/C62H42N2/c1-62(2)56-25-15-14-24-49(56)53-33-44(27-30-57(53)62)43-26-29-48-46-22-12-13-23-47(46)52-38-61-55(37-51(52)50(48)32-43)54-34-42(39-16-6-3-7-17-39)28-31-60(54)64(61)45-35-58(40-18-8-4-9-19-40)63-59(36-45)41-20-10-5-11-21-41/h3-38H,1-2H3. The SMILES string of the molecule is CC1(C)c2ccccc2-c2cc(-c3ccc4c5ccccc5c5cc6c(cc5c4c3)c3cc(-c4ccccc4)ccc3n6-c3cc(-c4ccccc4)nc(-c4ccccc4)c3)ccc21. The zero-order valence-corrected chi connectivity index (χ0v) is 35.7. The molecule has 0 radical (unpaired) electrons. The zero-order chi connectivity index (χ0) is 42.5. The highest BCUT2D eigenvalue weighted by Gasteiger charge is 2.35. The highest BCUT2D eigenvalue weighted by Crippen LogP contribution is 2.50. The summed E-state index contributed by atoms with van der Waals surface area (Å²) in [6, 6.07) is 80.4. The third-order valence-electron chi connectivity index (χ3n) is 14.0. The largest absolute Gasteiger partial charge is 0.309 e. The maximum Gasteiger partial charge on any atom is 0.0730 e. The molecule has 0 fully saturated rings. The van der Waals surface area contributed by atoms with Crippen molar-refractivity contribution in [2.24, 2.45) is 0 Å². The van der Waals surface area contributed by atoms with Gasteiger partial charge in [-0.2, -0.15) is 0 Å². The van der Waals surface area contributed by atoms with Gasteiger partial charge >= 0.3 is 0 Å². The number of nitrogens with zero attached hydrogens (tertiary/aromatic N) is 2. The van der Waals surface area contributed by atoms with E-state index in [1.54, 1.807) is 0 Å². The minimum atomic E-state index is -0.0314. The van der Waals surface area contributed by atoms with E-state index >= 15 is 0 Å². The van der Waals surface area contributed by atoms with Gasteiger partial charge in [-0.3, -0.25) is 0 Å². The molecule has 2 heteroatoms. The van der Waals surface area contributed by atoms with Crippen molar-refractivity contribution in [2.45, 2.75) is 19.3 Å². The number of pyridine rings is 1. The van der Waals surface area contributed by atoms with Crippen LogP contribution in [-0.4, -0.2) is 9.55 Å². The molecule has 0 bridgehead atoms. The van der Waals surface area contributed by atoms with Gasteiger partial charge in [-0.15, -0.1) is 0 Å². The van der Waals surface area contributed by atoms with Crippen molar-refractivity contribution in [2.75, 3.05) is 0 Å². The monoisotopic (exact) mass is 814 g/mol. The first-order valence-electron chi connectivity index (χ1n) is 22.3. The number of hydrogen-bond acceptors (Lipinski definition) is 1. The fraction of sp³-hybridized carbons (Fsp3) is 0.0484. The Bertz CT molecular complexity index is 3780. The van der Waals surface area contributed by atoms with Gasteiger partial charge in [0.2, 0.25) is 0 Å². The third kappa shape index (κ3) is 5.55. The van der Waals surface area contributed by atoms with E-state index < -0.39 is 0 Å². The lowest BCUT2D eigenvalue weighted by Gasteiger charge is -2.21. The zero-order valence-electron chi connectivity index (χ0n) is 35.7. The van der Waals surface area contributed by atoms with Crippen LogP contribution in [0.3, 0.4) is 0 Å². The van der Waals surface area contributed by atoms with Gasteiger partial charge in [-0.1, -0.05) is 184 Å². The van der Waals surface area contributed by atoms with Gasteiger partial charge in [0.1, 0.15) is 0 Å². The van der Waals surface area contributed by atoms with Gasteiger partial charge in [-0.25, -0.2) is 4.98 Å². The smallest absolute Gasteiger partial charge is 0.0730 e. The van der Waals surface area contributed by atoms with Crippen LogP contribution in [-0.2, 0) is 5.41 Å². The van der Waals surface area contributed by atoms with Crippen molar-refractivity contribution in [1.82, 2.24) is 9.55 Å². The molecule has 300 valence electrons. The fourth-order valence-electron chi connectivity index (χ4n) is 10.8. The molecule has 2 aromatic heterocycles. The number of rotatable bonds is 5. The molecular weight excluding hydrogens is 773 g/mol. The normalized spacial score (nSPS) is 13.0. The molecule has 0 N–H and O–H groups in total. The van der Waals surface area contributed by atoms with Crippen molar-refractivity contribution in [3.05, 3.63) is 230 Å². The maximum atomic E-state index is 5.28. The molecule has 1 aliphatic rings. The van der Waals surface area contributed by atoms with Crippen LogP contribution < -0.4 is 0 Å². The molecule has 13 rings (SSSR count). The van der Waals surface area contributed by atoms with Crippen LogP contribution in [0.15, 0.2) is 218 Å². The van der Waals surface area contributed by atoms with Gasteiger partial charge in [0.15, 0.2) is 0 Å². The second-order valence-corrected chi connectivity index (χ2v) is 17.9. The lowest BCUT2D eigenvalue weighted by Crippen LogP contribution is -2.14. The Balaban J connectivity index is 1.11. The summed E-state index contributed by atoms with van der Waals surface area (Å²) >= 11 is 0. The van der Waals surface area contributed by atoms with Crippen molar-refractivity contribution in [3.8, 4) is 61.6 Å². The average molecular weight is 815 g/mol. The molecule has 10 aromatic carbocycles. The van der Waals surface area contributed by atoms with Crippen LogP contribution in [0.25, 0.3) is 116 Å². The fourth-order valence-corrected chi connectivity index (χ4v) is 10.8. The Kier molecular flexibility index (Phi) is 7.98. The van der Waals surface area contributed by atoms with E-state index in [9.17, 15) is 0 Å². The summed E-state index contributed by atoms with van der Waals surface area (Å²) in [5.41, 5.74) is 17.8. The van der Waals surface area contributed by atoms with Gasteiger partial charge in [-0.05, 0) is 125 Å². The molecule has 0 saturated heterocycles. The molecular formula is C62H42N2. The average Bonchev–Trinajstić information content (AvgIpc) is 3.80.